The molecule has 0 bridgehead atoms. The number of rotatable bonds is 4. The van der Waals surface area contributed by atoms with Gasteiger partial charge in [-0.2, -0.15) is 0 Å². The van der Waals surface area contributed by atoms with Gasteiger partial charge in [0.15, 0.2) is 0 Å². The molecule has 16 heavy (non-hydrogen) atoms. The lowest BCUT2D eigenvalue weighted by atomic mass is 10.1. The zero-order valence-corrected chi connectivity index (χ0v) is 9.66. The molecule has 1 aromatic rings. The maximum absolute atomic E-state index is 11.9. The van der Waals surface area contributed by atoms with E-state index >= 15 is 0 Å². The Morgan fingerprint density at radius 1 is 1.25 bits per heavy atom. The predicted octanol–water partition coefficient (Wildman–Crippen LogP) is 0.557. The topological polar surface area (TPSA) is 30.7 Å². The van der Waals surface area contributed by atoms with E-state index in [1.807, 2.05) is 24.3 Å². The molecule has 1 aliphatic heterocycles. The highest BCUT2D eigenvalue weighted by Gasteiger charge is 2.19. The molecule has 1 fully saturated rings. The number of hydrogen-bond donors (Lipinski definition) is 1. The van der Waals surface area contributed by atoms with E-state index in [0.29, 0.717) is 6.54 Å². The molecule has 86 valence electrons. The first-order valence-corrected chi connectivity index (χ1v) is 5.80. The molecule has 0 atom stereocenters. The molecule has 1 aromatic carbocycles. The van der Waals surface area contributed by atoms with Crippen molar-refractivity contribution in [1.82, 2.24) is 0 Å². The first-order chi connectivity index (χ1) is 7.79. The van der Waals surface area contributed by atoms with Gasteiger partial charge in [-0.05, 0) is 24.3 Å². The number of Topliss-reactive ketones (excluding diaryl/α,β-unsaturated/α-hetero) is 1. The van der Waals surface area contributed by atoms with Crippen molar-refractivity contribution >= 4 is 5.78 Å². The van der Waals surface area contributed by atoms with Crippen LogP contribution in [0, 0.1) is 0 Å². The minimum atomic E-state index is 0.236. The summed E-state index contributed by atoms with van der Waals surface area (Å²) < 4.78 is 5.07. The van der Waals surface area contributed by atoms with Crippen LogP contribution < -0.4 is 9.64 Å². The first-order valence-electron chi connectivity index (χ1n) is 5.80. The van der Waals surface area contributed by atoms with Crippen molar-refractivity contribution in [1.29, 1.82) is 0 Å². The number of benzene rings is 1. The largest absolute Gasteiger partial charge is 0.497 e. The smallest absolute Gasteiger partial charge is 0.216 e. The summed E-state index contributed by atoms with van der Waals surface area (Å²) in [4.78, 5) is 13.4. The molecule has 0 radical (unpaired) electrons. The standard InChI is InChI=1S/C13H17NO2/c1-16-12-6-4-11(5-7-12)13(15)10-14-8-2-3-9-14/h4-7H,2-3,8-10H2,1H3/p+1. The minimum Gasteiger partial charge on any atom is -0.497 e. The third-order valence-corrected chi connectivity index (χ3v) is 3.13. The molecule has 1 N–H and O–H groups in total. The highest BCUT2D eigenvalue weighted by molar-refractivity contribution is 5.96. The highest BCUT2D eigenvalue weighted by Crippen LogP contribution is 2.11. The lowest BCUT2D eigenvalue weighted by Gasteiger charge is -2.10. The van der Waals surface area contributed by atoms with Gasteiger partial charge in [-0.15, -0.1) is 0 Å². The Labute approximate surface area is 96.0 Å². The maximum atomic E-state index is 11.9. The van der Waals surface area contributed by atoms with E-state index in [4.69, 9.17) is 4.74 Å². The molecule has 0 spiro atoms. The number of carbonyl (C=O) groups is 1. The van der Waals surface area contributed by atoms with Crippen LogP contribution in [0.4, 0.5) is 0 Å². The van der Waals surface area contributed by atoms with Gasteiger partial charge >= 0.3 is 0 Å². The van der Waals surface area contributed by atoms with Gasteiger partial charge < -0.3 is 9.64 Å². The fourth-order valence-corrected chi connectivity index (χ4v) is 2.16. The molecular weight excluding hydrogens is 202 g/mol. The van der Waals surface area contributed by atoms with Crippen LogP contribution in [0.5, 0.6) is 5.75 Å². The molecule has 0 aliphatic carbocycles. The number of nitrogens with one attached hydrogen (secondary N) is 1. The fraction of sp³-hybridized carbons (Fsp3) is 0.462. The van der Waals surface area contributed by atoms with Crippen LogP contribution in [0.1, 0.15) is 23.2 Å². The molecule has 2 rings (SSSR count). The highest BCUT2D eigenvalue weighted by atomic mass is 16.5. The van der Waals surface area contributed by atoms with Crippen molar-refractivity contribution < 1.29 is 14.4 Å². The van der Waals surface area contributed by atoms with Gasteiger partial charge in [0.25, 0.3) is 0 Å². The number of ketones is 1. The van der Waals surface area contributed by atoms with Crippen molar-refractivity contribution in [2.24, 2.45) is 0 Å². The summed E-state index contributed by atoms with van der Waals surface area (Å²) in [5.74, 6) is 1.03. The average Bonchev–Trinajstić information content (AvgIpc) is 2.82. The molecule has 0 aromatic heterocycles. The minimum absolute atomic E-state index is 0.236. The Kier molecular flexibility index (Phi) is 3.57. The summed E-state index contributed by atoms with van der Waals surface area (Å²) >= 11 is 0. The van der Waals surface area contributed by atoms with E-state index < -0.39 is 0 Å². The van der Waals surface area contributed by atoms with Crippen LogP contribution in [-0.2, 0) is 0 Å². The van der Waals surface area contributed by atoms with Crippen molar-refractivity contribution in [2.75, 3.05) is 26.7 Å². The molecule has 0 saturated carbocycles. The van der Waals surface area contributed by atoms with E-state index in [2.05, 4.69) is 0 Å². The van der Waals surface area contributed by atoms with E-state index in [-0.39, 0.29) is 5.78 Å². The van der Waals surface area contributed by atoms with Gasteiger partial charge in [-0.1, -0.05) is 0 Å². The van der Waals surface area contributed by atoms with Crippen LogP contribution in [0.25, 0.3) is 0 Å². The first kappa shape index (κ1) is 11.1. The Bertz CT molecular complexity index is 353. The third kappa shape index (κ3) is 2.61. The second-order valence-corrected chi connectivity index (χ2v) is 4.29. The lowest BCUT2D eigenvalue weighted by molar-refractivity contribution is -0.878. The molecule has 3 heteroatoms. The van der Waals surface area contributed by atoms with Gasteiger partial charge in [-0.25, -0.2) is 0 Å². The molecule has 0 amide bonds. The normalized spacial score (nSPS) is 16.3. The number of quaternary nitrogens is 1. The van der Waals surface area contributed by atoms with Crippen molar-refractivity contribution in [3.63, 3.8) is 0 Å². The van der Waals surface area contributed by atoms with Crippen LogP contribution in [0.2, 0.25) is 0 Å². The second-order valence-electron chi connectivity index (χ2n) is 4.29. The van der Waals surface area contributed by atoms with Gasteiger partial charge in [0.05, 0.1) is 20.2 Å². The molecule has 0 unspecified atom stereocenters. The Balaban J connectivity index is 1.97. The Hall–Kier alpha value is -1.35. The Morgan fingerprint density at radius 3 is 2.44 bits per heavy atom. The van der Waals surface area contributed by atoms with Crippen molar-refractivity contribution in [3.8, 4) is 5.75 Å². The van der Waals surface area contributed by atoms with Crippen LogP contribution in [0.3, 0.4) is 0 Å². The van der Waals surface area contributed by atoms with E-state index in [9.17, 15) is 4.79 Å². The zero-order valence-electron chi connectivity index (χ0n) is 9.66. The summed E-state index contributed by atoms with van der Waals surface area (Å²) in [6.07, 6.45) is 2.51. The summed E-state index contributed by atoms with van der Waals surface area (Å²) in [5, 5.41) is 0. The monoisotopic (exact) mass is 220 g/mol. The van der Waals surface area contributed by atoms with Crippen LogP contribution >= 0.6 is 0 Å². The number of ether oxygens (including phenoxy) is 1. The maximum Gasteiger partial charge on any atom is 0.216 e. The SMILES string of the molecule is COc1ccc(C(=O)C[NH+]2CCCC2)cc1. The zero-order chi connectivity index (χ0) is 11.4. The predicted molar refractivity (Wildman–Crippen MR) is 62.1 cm³/mol. The average molecular weight is 220 g/mol. The molecule has 3 nitrogen and oxygen atoms in total. The lowest BCUT2D eigenvalue weighted by Crippen LogP contribution is -3.10. The second kappa shape index (κ2) is 5.12. The fourth-order valence-electron chi connectivity index (χ4n) is 2.16. The Morgan fingerprint density at radius 2 is 1.88 bits per heavy atom. The van der Waals surface area contributed by atoms with Gasteiger partial charge in [0, 0.05) is 18.4 Å². The van der Waals surface area contributed by atoms with E-state index in [1.54, 1.807) is 7.11 Å². The quantitative estimate of drug-likeness (QED) is 0.752. The summed E-state index contributed by atoms with van der Waals surface area (Å²) in [6, 6.07) is 7.37. The summed E-state index contributed by atoms with van der Waals surface area (Å²) in [5.41, 5.74) is 0.792. The van der Waals surface area contributed by atoms with E-state index in [0.717, 1.165) is 24.4 Å². The van der Waals surface area contributed by atoms with Crippen LogP contribution in [0.15, 0.2) is 24.3 Å². The molecular formula is C13H18NO2+. The third-order valence-electron chi connectivity index (χ3n) is 3.13. The number of carbonyl (C=O) groups excluding carboxylic acids is 1. The van der Waals surface area contributed by atoms with Crippen LogP contribution in [-0.4, -0.2) is 32.5 Å². The summed E-state index contributed by atoms with van der Waals surface area (Å²) in [6.45, 7) is 2.91. The number of hydrogen-bond acceptors (Lipinski definition) is 2. The molecule has 1 heterocycles. The number of methoxy groups -OCH3 is 1. The number of likely N-dealkylation sites (tertiary alicyclic amines) is 1. The van der Waals surface area contributed by atoms with Crippen molar-refractivity contribution in [3.05, 3.63) is 29.8 Å². The van der Waals surface area contributed by atoms with Gasteiger partial charge in [0.1, 0.15) is 12.3 Å². The van der Waals surface area contributed by atoms with Gasteiger partial charge in [0.2, 0.25) is 5.78 Å². The van der Waals surface area contributed by atoms with Gasteiger partial charge in [-0.3, -0.25) is 4.79 Å². The molecule has 1 saturated heterocycles. The van der Waals surface area contributed by atoms with E-state index in [1.165, 1.54) is 17.7 Å². The summed E-state index contributed by atoms with van der Waals surface area (Å²) in [7, 11) is 1.63. The van der Waals surface area contributed by atoms with Crippen molar-refractivity contribution in [2.45, 2.75) is 12.8 Å². The molecule has 1 aliphatic rings.